The molecule has 0 aromatic rings. The van der Waals surface area contributed by atoms with Crippen molar-refractivity contribution in [1.29, 1.82) is 0 Å². The number of nitrogens with zero attached hydrogens (tertiary/aromatic N) is 1. The van der Waals surface area contributed by atoms with E-state index >= 15 is 0 Å². The fraction of sp³-hybridized carbons (Fsp3) is 0.723. The molecule has 29 nitrogen and oxygen atoms in total. The Morgan fingerprint density at radius 3 is 1.32 bits per heavy atom. The highest BCUT2D eigenvalue weighted by Gasteiger charge is 2.42. The first-order valence-corrected chi connectivity index (χ1v) is 25.2. The largest absolute Gasteiger partial charge is 0.481 e. The minimum Gasteiger partial charge on any atom is -0.481 e. The van der Waals surface area contributed by atoms with Gasteiger partial charge in [-0.25, -0.2) is 4.79 Å². The van der Waals surface area contributed by atoms with Gasteiger partial charge in [0, 0.05) is 32.2 Å². The molecule has 1 rings (SSSR count). The molecule has 0 saturated carbocycles. The Bertz CT molecular complexity index is 2060. The third kappa shape index (κ3) is 24.1. The van der Waals surface area contributed by atoms with Gasteiger partial charge >= 0.3 is 29.8 Å². The summed E-state index contributed by atoms with van der Waals surface area (Å²) >= 11 is 0. The molecule has 0 aromatic carbocycles. The molecule has 1 heterocycles. The van der Waals surface area contributed by atoms with Crippen molar-refractivity contribution in [3.05, 3.63) is 0 Å². The van der Waals surface area contributed by atoms with Crippen molar-refractivity contribution in [3.8, 4) is 0 Å². The zero-order valence-corrected chi connectivity index (χ0v) is 43.5. The van der Waals surface area contributed by atoms with Crippen molar-refractivity contribution in [2.24, 2.45) is 23.3 Å². The van der Waals surface area contributed by atoms with E-state index in [0.29, 0.717) is 19.4 Å². The first-order chi connectivity index (χ1) is 35.5. The number of nitrogens with one attached hydrogen (secondary N) is 7. The van der Waals surface area contributed by atoms with Crippen molar-refractivity contribution in [3.63, 3.8) is 0 Å². The number of amides is 8. The second kappa shape index (κ2) is 33.8. The highest BCUT2D eigenvalue weighted by Crippen LogP contribution is 2.21. The molecular formula is C47H78N10O19. The van der Waals surface area contributed by atoms with E-state index < -0.39 is 195 Å². The van der Waals surface area contributed by atoms with Crippen LogP contribution >= 0.6 is 0 Å². The number of carboxylic acids is 5. The van der Waals surface area contributed by atoms with E-state index in [9.17, 15) is 93.0 Å². The van der Waals surface area contributed by atoms with Crippen molar-refractivity contribution in [2.45, 2.75) is 191 Å². The number of carbonyl (C=O) groups is 13. The average Bonchev–Trinajstić information content (AvgIpc) is 3.84. The summed E-state index contributed by atoms with van der Waals surface area (Å²) < 4.78 is 0. The Hall–Kier alpha value is -7.01. The molecule has 1 saturated heterocycles. The lowest BCUT2D eigenvalue weighted by molar-refractivity contribution is -0.145. The maximum Gasteiger partial charge on any atom is 0.326 e. The van der Waals surface area contributed by atoms with Gasteiger partial charge in [0.05, 0.1) is 12.1 Å². The summed E-state index contributed by atoms with van der Waals surface area (Å²) in [6.07, 6.45) is -5.31. The highest BCUT2D eigenvalue weighted by molar-refractivity contribution is 5.99. The van der Waals surface area contributed by atoms with E-state index in [2.05, 4.69) is 37.2 Å². The van der Waals surface area contributed by atoms with Crippen LogP contribution in [0.25, 0.3) is 0 Å². The van der Waals surface area contributed by atoms with Gasteiger partial charge in [-0.15, -0.1) is 0 Å². The monoisotopic (exact) mass is 1090 g/mol. The Morgan fingerprint density at radius 2 is 0.934 bits per heavy atom. The smallest absolute Gasteiger partial charge is 0.326 e. The normalized spacial score (nSPS) is 17.1. The first kappa shape index (κ1) is 67.0. The number of nitrogens with two attached hydrogens (primary N) is 2. The predicted octanol–water partition coefficient (Wildman–Crippen LogP) is -3.16. The second-order valence-electron chi connectivity index (χ2n) is 19.2. The lowest BCUT2D eigenvalue weighted by Crippen LogP contribution is -2.61. The van der Waals surface area contributed by atoms with Crippen LogP contribution < -0.4 is 48.7 Å². The van der Waals surface area contributed by atoms with Crippen molar-refractivity contribution in [1.82, 2.24) is 42.1 Å². The topological polar surface area (TPSA) is 483 Å². The van der Waals surface area contributed by atoms with Crippen LogP contribution in [-0.4, -0.2) is 186 Å². The SMILES string of the molecule is CC[C@H](C)[C@H](NC(=O)[C@H](CCC(=O)O)NC(=O)[C@H](CCC(=O)O)NC(=O)[C@H](CCC(=O)O)NC(=O)[C@H](CCC(=O)O)NC(=O)[C@@H]1CCCN1C(=O)[C@@H](NC(=O)[C@H](CC(C)C)NC(=O)[C@@H](N)CCCCN)[C@@H](C)O)C(=O)O. The zero-order chi connectivity index (χ0) is 58.0. The fourth-order valence-electron chi connectivity index (χ4n) is 7.91. The molecule has 1 aliphatic heterocycles. The Balaban J connectivity index is 3.50. The quantitative estimate of drug-likeness (QED) is 0.0273. The number of aliphatic hydroxyl groups excluding tert-OH is 1. The van der Waals surface area contributed by atoms with Gasteiger partial charge < -0.3 is 84.2 Å². The average molecular weight is 1090 g/mol. The van der Waals surface area contributed by atoms with Gasteiger partial charge in [-0.3, -0.25) is 57.5 Å². The van der Waals surface area contributed by atoms with Crippen LogP contribution in [0.5, 0.6) is 0 Å². The lowest BCUT2D eigenvalue weighted by Gasteiger charge is -2.32. The van der Waals surface area contributed by atoms with Crippen LogP contribution in [0.2, 0.25) is 0 Å². The Morgan fingerprint density at radius 1 is 0.539 bits per heavy atom. The van der Waals surface area contributed by atoms with Crippen LogP contribution in [0, 0.1) is 11.8 Å². The summed E-state index contributed by atoms with van der Waals surface area (Å²) in [6.45, 7) is 8.20. The number of rotatable bonds is 37. The third-order valence-corrected chi connectivity index (χ3v) is 12.4. The summed E-state index contributed by atoms with van der Waals surface area (Å²) in [7, 11) is 0. The number of hydrogen-bond acceptors (Lipinski definition) is 16. The molecule has 0 bridgehead atoms. The molecule has 76 heavy (non-hydrogen) atoms. The molecule has 0 aromatic heterocycles. The molecular weight excluding hydrogens is 1010 g/mol. The molecule has 29 heteroatoms. The summed E-state index contributed by atoms with van der Waals surface area (Å²) in [6, 6.07) is -14.0. The predicted molar refractivity (Wildman–Crippen MR) is 265 cm³/mol. The van der Waals surface area contributed by atoms with Gasteiger partial charge in [-0.1, -0.05) is 40.5 Å². The van der Waals surface area contributed by atoms with Crippen molar-refractivity contribution >= 4 is 77.1 Å². The van der Waals surface area contributed by atoms with E-state index in [4.69, 9.17) is 11.5 Å². The number of aliphatic hydroxyl groups is 1. The molecule has 1 fully saturated rings. The molecule has 0 aliphatic carbocycles. The van der Waals surface area contributed by atoms with Crippen LogP contribution in [-0.2, 0) is 62.3 Å². The van der Waals surface area contributed by atoms with Crippen LogP contribution in [0.3, 0.4) is 0 Å². The zero-order valence-electron chi connectivity index (χ0n) is 43.5. The summed E-state index contributed by atoms with van der Waals surface area (Å²) in [4.78, 5) is 169. The van der Waals surface area contributed by atoms with Gasteiger partial charge in [0.15, 0.2) is 0 Å². The van der Waals surface area contributed by atoms with Crippen LogP contribution in [0.15, 0.2) is 0 Å². The van der Waals surface area contributed by atoms with E-state index in [-0.39, 0.29) is 44.6 Å². The van der Waals surface area contributed by atoms with E-state index in [0.717, 1.165) is 4.90 Å². The van der Waals surface area contributed by atoms with Crippen LogP contribution in [0.4, 0.5) is 0 Å². The highest BCUT2D eigenvalue weighted by atomic mass is 16.4. The molecule has 11 atom stereocenters. The third-order valence-electron chi connectivity index (χ3n) is 12.4. The van der Waals surface area contributed by atoms with Gasteiger partial charge in [-0.2, -0.15) is 0 Å². The van der Waals surface area contributed by atoms with Gasteiger partial charge in [0.1, 0.15) is 48.3 Å². The van der Waals surface area contributed by atoms with Gasteiger partial charge in [0.25, 0.3) is 0 Å². The van der Waals surface area contributed by atoms with Crippen molar-refractivity contribution in [2.75, 3.05) is 13.1 Å². The lowest BCUT2D eigenvalue weighted by atomic mass is 9.98. The molecule has 1 aliphatic rings. The standard InChI is InChI=1S/C47H78N10O19/c1-6-24(4)37(47(75)76)55-43(71)30(15-19-36(65)66)52-41(69)28(13-17-34(61)62)50-40(68)27(12-16-33(59)60)51-42(70)29(14-18-35(63)64)53-45(73)32-11-9-21-57(32)46(74)38(25(5)58)56-44(72)31(22-23(2)3)54-39(67)26(49)10-7-8-20-48/h23-32,37-38,58H,6-22,48-49H2,1-5H3,(H,50,68)(H,51,70)(H,52,69)(H,53,73)(H,54,67)(H,55,71)(H,56,72)(H,59,60)(H,61,62)(H,63,64)(H,65,66)(H,75,76)/t24-,25+,26-,27-,28-,29-,30-,31-,32-,37-,38-/m0/s1. The molecule has 0 unspecified atom stereocenters. The summed E-state index contributed by atoms with van der Waals surface area (Å²) in [5.41, 5.74) is 11.6. The number of carboxylic acid groups (broad SMARTS) is 5. The number of unbranched alkanes of at least 4 members (excludes halogenated alkanes) is 1. The molecule has 0 radical (unpaired) electrons. The first-order valence-electron chi connectivity index (χ1n) is 25.2. The molecule has 17 N–H and O–H groups in total. The summed E-state index contributed by atoms with van der Waals surface area (Å²) in [5.74, 6) is -16.4. The van der Waals surface area contributed by atoms with Crippen molar-refractivity contribution < 1.29 is 93.0 Å². The minimum atomic E-state index is -1.90. The van der Waals surface area contributed by atoms with E-state index in [1.807, 2.05) is 0 Å². The Kier molecular flexibility index (Phi) is 29.8. The number of likely N-dealkylation sites (tertiary alicyclic amines) is 1. The molecule has 430 valence electrons. The number of aliphatic carboxylic acids is 5. The van der Waals surface area contributed by atoms with Crippen LogP contribution in [0.1, 0.15) is 131 Å². The maximum absolute atomic E-state index is 14.1. The number of carbonyl (C=O) groups excluding carboxylic acids is 8. The fourth-order valence-corrected chi connectivity index (χ4v) is 7.91. The van der Waals surface area contributed by atoms with E-state index in [1.54, 1.807) is 20.8 Å². The maximum atomic E-state index is 14.1. The molecule has 8 amide bonds. The van der Waals surface area contributed by atoms with Gasteiger partial charge in [0.2, 0.25) is 47.3 Å². The summed E-state index contributed by atoms with van der Waals surface area (Å²) in [5, 5.41) is 74.6. The minimum absolute atomic E-state index is 0.0281. The Labute approximate surface area is 439 Å². The molecule has 0 spiro atoms. The number of hydrogen-bond donors (Lipinski definition) is 15. The van der Waals surface area contributed by atoms with E-state index in [1.165, 1.54) is 13.8 Å². The second-order valence-corrected chi connectivity index (χ2v) is 19.2. The van der Waals surface area contributed by atoms with Gasteiger partial charge in [-0.05, 0) is 83.1 Å².